The molecule has 0 spiro atoms. The Bertz CT molecular complexity index is 1170. The first-order valence-corrected chi connectivity index (χ1v) is 21.0. The zero-order chi connectivity index (χ0) is 38.2. The van der Waals surface area contributed by atoms with E-state index in [2.05, 4.69) is 104 Å². The summed E-state index contributed by atoms with van der Waals surface area (Å²) in [6.07, 6.45) is 52.9. The van der Waals surface area contributed by atoms with Gasteiger partial charge in [-0.3, -0.25) is 13.8 Å². The molecule has 0 rings (SSSR count). The van der Waals surface area contributed by atoms with Crippen molar-refractivity contribution in [3.63, 3.8) is 0 Å². The highest BCUT2D eigenvalue weighted by atomic mass is 31.2. The van der Waals surface area contributed by atoms with E-state index in [4.69, 9.17) is 14.8 Å². The normalized spacial score (nSPS) is 15.4. The van der Waals surface area contributed by atoms with Crippen LogP contribution in [0, 0.1) is 0 Å². The van der Waals surface area contributed by atoms with Gasteiger partial charge in [0.1, 0.15) is 0 Å². The summed E-state index contributed by atoms with van der Waals surface area (Å²) < 4.78 is 22.0. The van der Waals surface area contributed by atoms with Crippen molar-refractivity contribution in [2.45, 2.75) is 135 Å². The lowest BCUT2D eigenvalue weighted by atomic mass is 10.1. The van der Waals surface area contributed by atoms with Crippen LogP contribution in [-0.2, 0) is 18.4 Å². The lowest BCUT2D eigenvalue weighted by Crippen LogP contribution is -2.45. The number of phosphoric ester groups is 1. The number of amides is 1. The topological polar surface area (TPSA) is 131 Å². The Labute approximate surface area is 316 Å². The van der Waals surface area contributed by atoms with Crippen LogP contribution in [0.3, 0.4) is 0 Å². The second-order valence-corrected chi connectivity index (χ2v) is 13.8. The van der Waals surface area contributed by atoms with Gasteiger partial charge in [-0.1, -0.05) is 142 Å². The quantitative estimate of drug-likeness (QED) is 0.0293. The Hall–Kier alpha value is -2.84. The average Bonchev–Trinajstić information content (AvgIpc) is 3.13. The fourth-order valence-electron chi connectivity index (χ4n) is 4.65. The molecular weight excluding hydrogens is 671 g/mol. The van der Waals surface area contributed by atoms with Gasteiger partial charge in [-0.05, 0) is 83.5 Å². The highest BCUT2D eigenvalue weighted by Crippen LogP contribution is 2.43. The van der Waals surface area contributed by atoms with Crippen molar-refractivity contribution in [1.82, 2.24) is 5.32 Å². The molecule has 0 aromatic rings. The highest BCUT2D eigenvalue weighted by Gasteiger charge is 2.26. The Balaban J connectivity index is 4.54. The molecule has 9 heteroatoms. The molecule has 0 aliphatic heterocycles. The number of unbranched alkanes of at least 4 members (excludes halogenated alkanes) is 6. The van der Waals surface area contributed by atoms with Crippen molar-refractivity contribution in [2.24, 2.45) is 5.73 Å². The minimum absolute atomic E-state index is 0.0539. The maximum Gasteiger partial charge on any atom is 0.472 e. The minimum atomic E-state index is -4.37. The lowest BCUT2D eigenvalue weighted by molar-refractivity contribution is -0.122. The van der Waals surface area contributed by atoms with E-state index in [0.29, 0.717) is 12.8 Å². The maximum atomic E-state index is 12.7. The summed E-state index contributed by atoms with van der Waals surface area (Å²) in [6, 6.07) is -0.930. The zero-order valence-corrected chi connectivity index (χ0v) is 33.1. The number of nitrogens with one attached hydrogen (secondary N) is 1. The largest absolute Gasteiger partial charge is 0.472 e. The number of carbonyl (C=O) groups is 1. The Kier molecular flexibility index (Phi) is 35.8. The number of hydrogen-bond acceptors (Lipinski definition) is 6. The third kappa shape index (κ3) is 35.6. The van der Waals surface area contributed by atoms with Crippen LogP contribution in [0.5, 0.6) is 0 Å². The van der Waals surface area contributed by atoms with Crippen LogP contribution in [0.15, 0.2) is 109 Å². The third-order valence-corrected chi connectivity index (χ3v) is 8.56. The van der Waals surface area contributed by atoms with Gasteiger partial charge in [0.05, 0.1) is 25.4 Å². The fraction of sp³-hybridized carbons (Fsp3) is 0.558. The Morgan fingerprint density at radius 2 is 1.13 bits per heavy atom. The lowest BCUT2D eigenvalue weighted by Gasteiger charge is -2.23. The van der Waals surface area contributed by atoms with Crippen LogP contribution in [0.4, 0.5) is 0 Å². The molecule has 8 nitrogen and oxygen atoms in total. The summed E-state index contributed by atoms with van der Waals surface area (Å²) in [5.74, 6) is -0.297. The molecule has 0 saturated carbocycles. The van der Waals surface area contributed by atoms with E-state index in [1.165, 1.54) is 25.7 Å². The molecule has 0 fully saturated rings. The number of nitrogens with two attached hydrogens (primary N) is 1. The van der Waals surface area contributed by atoms with Gasteiger partial charge < -0.3 is 21.1 Å². The molecule has 5 N–H and O–H groups in total. The standard InChI is InChI=1S/C43H71N2O6P/c1-3-5-7-9-11-13-15-17-19-20-21-22-23-25-27-29-31-33-35-37-43(47)45-41(40-51-52(48,49)50-39-38-44)42(46)36-34-32-30-28-26-24-18-16-14-12-10-8-6-4-2/h5,7,11,13-14,16-17,19,21-22,25-28,31,33-34,36,41-42,46H,3-4,6,8-10,12,15,18,20,23-24,29-30,32,35,37-40,44H2,1-2H3,(H,45,47)(H,48,49)/b7-5-,13-11-,16-14+,19-17-,22-21-,27-25-,28-26+,33-31-,36-34+. The van der Waals surface area contributed by atoms with Gasteiger partial charge in [0.25, 0.3) is 0 Å². The highest BCUT2D eigenvalue weighted by molar-refractivity contribution is 7.47. The molecule has 0 bridgehead atoms. The number of aliphatic hydroxyl groups excluding tert-OH is 1. The van der Waals surface area contributed by atoms with Crippen LogP contribution in [0.25, 0.3) is 0 Å². The average molecular weight is 743 g/mol. The minimum Gasteiger partial charge on any atom is -0.387 e. The van der Waals surface area contributed by atoms with Crippen molar-refractivity contribution in [1.29, 1.82) is 0 Å². The van der Waals surface area contributed by atoms with Crippen molar-refractivity contribution in [3.8, 4) is 0 Å². The number of hydrogen-bond donors (Lipinski definition) is 4. The maximum absolute atomic E-state index is 12.7. The van der Waals surface area contributed by atoms with Gasteiger partial charge in [-0.15, -0.1) is 0 Å². The van der Waals surface area contributed by atoms with Crippen LogP contribution >= 0.6 is 7.82 Å². The second kappa shape index (κ2) is 37.9. The summed E-state index contributed by atoms with van der Waals surface area (Å²) in [6.45, 7) is 3.87. The van der Waals surface area contributed by atoms with E-state index in [9.17, 15) is 19.4 Å². The van der Waals surface area contributed by atoms with E-state index < -0.39 is 26.6 Å². The van der Waals surface area contributed by atoms with Gasteiger partial charge in [-0.25, -0.2) is 4.57 Å². The first-order valence-electron chi connectivity index (χ1n) is 19.5. The first-order chi connectivity index (χ1) is 25.4. The monoisotopic (exact) mass is 743 g/mol. The summed E-state index contributed by atoms with van der Waals surface area (Å²) in [7, 11) is -4.37. The molecule has 0 heterocycles. The molecule has 1 amide bonds. The summed E-state index contributed by atoms with van der Waals surface area (Å²) in [4.78, 5) is 22.6. The molecule has 0 aliphatic rings. The number of carbonyl (C=O) groups excluding carboxylic acids is 1. The van der Waals surface area contributed by atoms with Gasteiger partial charge >= 0.3 is 7.82 Å². The van der Waals surface area contributed by atoms with E-state index in [0.717, 1.165) is 64.2 Å². The molecule has 0 aromatic heterocycles. The molecule has 3 atom stereocenters. The summed E-state index contributed by atoms with van der Waals surface area (Å²) >= 11 is 0. The molecule has 52 heavy (non-hydrogen) atoms. The van der Waals surface area contributed by atoms with Crippen LogP contribution < -0.4 is 11.1 Å². The van der Waals surface area contributed by atoms with Crippen molar-refractivity contribution in [3.05, 3.63) is 109 Å². The van der Waals surface area contributed by atoms with E-state index >= 15 is 0 Å². The third-order valence-electron chi connectivity index (χ3n) is 7.57. The van der Waals surface area contributed by atoms with E-state index in [1.807, 2.05) is 18.2 Å². The Morgan fingerprint density at radius 3 is 1.65 bits per heavy atom. The van der Waals surface area contributed by atoms with Gasteiger partial charge in [0.2, 0.25) is 5.91 Å². The summed E-state index contributed by atoms with van der Waals surface area (Å²) in [5, 5.41) is 13.5. The molecule has 294 valence electrons. The number of aliphatic hydroxyl groups is 1. The van der Waals surface area contributed by atoms with E-state index in [1.54, 1.807) is 6.08 Å². The predicted molar refractivity (Wildman–Crippen MR) is 221 cm³/mol. The van der Waals surface area contributed by atoms with Crippen molar-refractivity contribution in [2.75, 3.05) is 19.8 Å². The molecule has 0 radical (unpaired) electrons. The van der Waals surface area contributed by atoms with Gasteiger partial charge in [-0.2, -0.15) is 0 Å². The van der Waals surface area contributed by atoms with Gasteiger partial charge in [0, 0.05) is 13.0 Å². The predicted octanol–water partition coefficient (Wildman–Crippen LogP) is 10.6. The SMILES string of the molecule is CC/C=C\C/C=C\C/C=C\C/C=C\C/C=C\C/C=C\CCC(=O)NC(COP(=O)(O)OCCN)C(O)/C=C/CC/C=C/CC/C=C/CCCCCC. The van der Waals surface area contributed by atoms with Crippen LogP contribution in [-0.4, -0.2) is 47.8 Å². The number of allylic oxidation sites excluding steroid dienone is 17. The smallest absolute Gasteiger partial charge is 0.387 e. The molecule has 3 unspecified atom stereocenters. The summed E-state index contributed by atoms with van der Waals surface area (Å²) in [5.41, 5.74) is 5.35. The molecule has 0 aromatic carbocycles. The first kappa shape index (κ1) is 49.2. The number of rotatable bonds is 34. The van der Waals surface area contributed by atoms with E-state index in [-0.39, 0.29) is 25.5 Å². The van der Waals surface area contributed by atoms with Crippen LogP contribution in [0.1, 0.15) is 123 Å². The van der Waals surface area contributed by atoms with Crippen LogP contribution in [0.2, 0.25) is 0 Å². The fourth-order valence-corrected chi connectivity index (χ4v) is 5.41. The van der Waals surface area contributed by atoms with Crippen molar-refractivity contribution < 1.29 is 28.4 Å². The number of phosphoric acid groups is 1. The zero-order valence-electron chi connectivity index (χ0n) is 32.2. The van der Waals surface area contributed by atoms with Crippen molar-refractivity contribution >= 4 is 13.7 Å². The van der Waals surface area contributed by atoms with Gasteiger partial charge in [0.15, 0.2) is 0 Å². The Morgan fingerprint density at radius 1 is 0.654 bits per heavy atom. The molecule has 0 saturated heterocycles. The second-order valence-electron chi connectivity index (χ2n) is 12.4. The molecule has 0 aliphatic carbocycles. The molecular formula is C43H71N2O6P.